The maximum atomic E-state index is 13.5. The van der Waals surface area contributed by atoms with Crippen LogP contribution in [0.1, 0.15) is 38.5 Å². The van der Waals surface area contributed by atoms with Crippen molar-refractivity contribution in [1.82, 2.24) is 5.32 Å². The first kappa shape index (κ1) is 15.8. The molecular formula is C15H19F3N2O. The van der Waals surface area contributed by atoms with Crippen molar-refractivity contribution in [2.24, 2.45) is 0 Å². The van der Waals surface area contributed by atoms with E-state index in [1.54, 1.807) is 7.05 Å². The van der Waals surface area contributed by atoms with Gasteiger partial charge in [-0.25, -0.2) is 13.2 Å². The molecule has 0 aromatic heterocycles. The third kappa shape index (κ3) is 3.75. The van der Waals surface area contributed by atoms with Gasteiger partial charge >= 0.3 is 0 Å². The molecule has 1 aliphatic rings. The molecule has 1 saturated carbocycles. The Hall–Kier alpha value is -1.56. The summed E-state index contributed by atoms with van der Waals surface area (Å²) in [5, 5.41) is 5.43. The Balaban J connectivity index is 2.08. The van der Waals surface area contributed by atoms with Gasteiger partial charge in [0.1, 0.15) is 5.82 Å². The highest BCUT2D eigenvalue weighted by molar-refractivity contribution is 5.91. The van der Waals surface area contributed by atoms with Crippen molar-refractivity contribution in [2.45, 2.75) is 44.1 Å². The normalized spacial score (nSPS) is 17.5. The summed E-state index contributed by atoms with van der Waals surface area (Å²) in [5.74, 6) is -3.93. The fourth-order valence-electron chi connectivity index (χ4n) is 2.89. The molecule has 1 aromatic rings. The average molecular weight is 300 g/mol. The Labute approximate surface area is 121 Å². The molecule has 6 heteroatoms. The molecule has 0 saturated heterocycles. The third-order valence-corrected chi connectivity index (χ3v) is 4.11. The van der Waals surface area contributed by atoms with Crippen molar-refractivity contribution in [2.75, 3.05) is 12.4 Å². The van der Waals surface area contributed by atoms with Crippen molar-refractivity contribution in [1.29, 1.82) is 0 Å². The number of rotatable bonds is 4. The smallest absolute Gasteiger partial charge is 0.226 e. The highest BCUT2D eigenvalue weighted by Gasteiger charge is 2.32. The van der Waals surface area contributed by atoms with Crippen LogP contribution in [0.2, 0.25) is 0 Å². The molecule has 0 bridgehead atoms. The van der Waals surface area contributed by atoms with E-state index in [1.807, 2.05) is 0 Å². The molecule has 2 N–H and O–H groups in total. The highest BCUT2D eigenvalue weighted by Crippen LogP contribution is 2.31. The van der Waals surface area contributed by atoms with E-state index in [0.717, 1.165) is 38.2 Å². The summed E-state index contributed by atoms with van der Waals surface area (Å²) >= 11 is 0. The minimum Gasteiger partial charge on any atom is -0.323 e. The van der Waals surface area contributed by atoms with Crippen LogP contribution in [0.3, 0.4) is 0 Å². The van der Waals surface area contributed by atoms with Crippen molar-refractivity contribution in [3.8, 4) is 0 Å². The van der Waals surface area contributed by atoms with Gasteiger partial charge in [0.25, 0.3) is 0 Å². The molecule has 1 aliphatic carbocycles. The zero-order chi connectivity index (χ0) is 15.5. The van der Waals surface area contributed by atoms with Gasteiger partial charge in [-0.2, -0.15) is 0 Å². The van der Waals surface area contributed by atoms with Crippen molar-refractivity contribution in [3.63, 3.8) is 0 Å². The molecule has 1 fully saturated rings. The van der Waals surface area contributed by atoms with Gasteiger partial charge in [0.2, 0.25) is 5.91 Å². The number of halogens is 3. The van der Waals surface area contributed by atoms with Gasteiger partial charge in [0.05, 0.1) is 5.69 Å². The van der Waals surface area contributed by atoms with Crippen molar-refractivity contribution < 1.29 is 18.0 Å². The molecule has 0 heterocycles. The van der Waals surface area contributed by atoms with E-state index in [-0.39, 0.29) is 12.0 Å². The van der Waals surface area contributed by atoms with Crippen LogP contribution in [-0.2, 0) is 4.79 Å². The van der Waals surface area contributed by atoms with E-state index in [0.29, 0.717) is 6.07 Å². The fraction of sp³-hybridized carbons (Fsp3) is 0.533. The van der Waals surface area contributed by atoms with Gasteiger partial charge in [0, 0.05) is 24.1 Å². The van der Waals surface area contributed by atoms with Gasteiger partial charge in [-0.05, 0) is 19.9 Å². The number of amides is 1. The highest BCUT2D eigenvalue weighted by atomic mass is 19.2. The van der Waals surface area contributed by atoms with Crippen LogP contribution in [0.4, 0.5) is 18.9 Å². The van der Waals surface area contributed by atoms with Crippen LogP contribution >= 0.6 is 0 Å². The van der Waals surface area contributed by atoms with E-state index in [9.17, 15) is 18.0 Å². The first-order valence-corrected chi connectivity index (χ1v) is 7.09. The number of carbonyl (C=O) groups is 1. The summed E-state index contributed by atoms with van der Waals surface area (Å²) in [7, 11) is 1.79. The second-order valence-electron chi connectivity index (χ2n) is 5.57. The second kappa shape index (κ2) is 6.47. The summed E-state index contributed by atoms with van der Waals surface area (Å²) in [6, 6.07) is 1.23. The van der Waals surface area contributed by atoms with Crippen LogP contribution in [0.5, 0.6) is 0 Å². The lowest BCUT2D eigenvalue weighted by Crippen LogP contribution is -2.47. The topological polar surface area (TPSA) is 41.1 Å². The Morgan fingerprint density at radius 1 is 1.19 bits per heavy atom. The quantitative estimate of drug-likeness (QED) is 0.837. The van der Waals surface area contributed by atoms with Gasteiger partial charge in [0.15, 0.2) is 11.6 Å². The predicted molar refractivity (Wildman–Crippen MR) is 74.4 cm³/mol. The Kier molecular flexibility index (Phi) is 4.88. The van der Waals surface area contributed by atoms with Crippen LogP contribution in [0.15, 0.2) is 12.1 Å². The minimum atomic E-state index is -1.31. The Morgan fingerprint density at radius 2 is 1.86 bits per heavy atom. The molecule has 21 heavy (non-hydrogen) atoms. The summed E-state index contributed by atoms with van der Waals surface area (Å²) in [6.07, 6.45) is 5.05. The summed E-state index contributed by atoms with van der Waals surface area (Å²) < 4.78 is 39.7. The average Bonchev–Trinajstić information content (AvgIpc) is 2.45. The third-order valence-electron chi connectivity index (χ3n) is 4.11. The maximum Gasteiger partial charge on any atom is 0.226 e. The second-order valence-corrected chi connectivity index (χ2v) is 5.57. The van der Waals surface area contributed by atoms with E-state index in [4.69, 9.17) is 0 Å². The van der Waals surface area contributed by atoms with Crippen LogP contribution in [0, 0.1) is 17.5 Å². The molecule has 2 rings (SSSR count). The largest absolute Gasteiger partial charge is 0.323 e. The Bertz CT molecular complexity index is 528. The number of carbonyl (C=O) groups excluding carboxylic acids is 1. The van der Waals surface area contributed by atoms with E-state index in [1.165, 1.54) is 0 Å². The van der Waals surface area contributed by atoms with Gasteiger partial charge in [-0.3, -0.25) is 4.79 Å². The number of nitrogens with one attached hydrogen (secondary N) is 2. The monoisotopic (exact) mass is 300 g/mol. The number of anilines is 1. The predicted octanol–water partition coefficient (Wildman–Crippen LogP) is 3.35. The molecule has 1 amide bonds. The van der Waals surface area contributed by atoms with E-state index >= 15 is 0 Å². The molecule has 0 atom stereocenters. The zero-order valence-corrected chi connectivity index (χ0v) is 11.9. The summed E-state index contributed by atoms with van der Waals surface area (Å²) in [6.45, 7) is 0. The standard InChI is InChI=1S/C15H19F3N2O/c1-19-15(5-3-2-4-6-15)9-13(21)20-12-8-10(16)7-11(17)14(12)18/h7-8,19H,2-6,9H2,1H3,(H,20,21). The van der Waals surface area contributed by atoms with Gasteiger partial charge < -0.3 is 10.6 Å². The molecule has 0 spiro atoms. The van der Waals surface area contributed by atoms with Crippen LogP contribution in [0.25, 0.3) is 0 Å². The van der Waals surface area contributed by atoms with Crippen molar-refractivity contribution >= 4 is 11.6 Å². The maximum absolute atomic E-state index is 13.5. The number of hydrogen-bond donors (Lipinski definition) is 2. The summed E-state index contributed by atoms with van der Waals surface area (Å²) in [4.78, 5) is 12.1. The SMILES string of the molecule is CNC1(CC(=O)Nc2cc(F)cc(F)c2F)CCCCC1. The number of benzene rings is 1. The number of hydrogen-bond acceptors (Lipinski definition) is 2. The van der Waals surface area contributed by atoms with E-state index < -0.39 is 29.0 Å². The Morgan fingerprint density at radius 3 is 2.48 bits per heavy atom. The summed E-state index contributed by atoms with van der Waals surface area (Å²) in [5.41, 5.74) is -0.774. The molecule has 1 aromatic carbocycles. The minimum absolute atomic E-state index is 0.154. The molecular weight excluding hydrogens is 281 g/mol. The lowest BCUT2D eigenvalue weighted by Gasteiger charge is -2.36. The fourth-order valence-corrected chi connectivity index (χ4v) is 2.89. The molecule has 0 aliphatic heterocycles. The molecule has 116 valence electrons. The van der Waals surface area contributed by atoms with Crippen LogP contribution < -0.4 is 10.6 Å². The van der Waals surface area contributed by atoms with Gasteiger partial charge in [-0.1, -0.05) is 19.3 Å². The lowest BCUT2D eigenvalue weighted by molar-refractivity contribution is -0.118. The van der Waals surface area contributed by atoms with Gasteiger partial charge in [-0.15, -0.1) is 0 Å². The molecule has 0 radical (unpaired) electrons. The van der Waals surface area contributed by atoms with E-state index in [2.05, 4.69) is 10.6 Å². The van der Waals surface area contributed by atoms with Crippen LogP contribution in [-0.4, -0.2) is 18.5 Å². The molecule has 0 unspecified atom stereocenters. The van der Waals surface area contributed by atoms with Crippen molar-refractivity contribution in [3.05, 3.63) is 29.6 Å². The lowest BCUT2D eigenvalue weighted by atomic mass is 9.79. The zero-order valence-electron chi connectivity index (χ0n) is 11.9. The first-order chi connectivity index (χ1) is 9.96. The molecule has 3 nitrogen and oxygen atoms in total. The first-order valence-electron chi connectivity index (χ1n) is 7.09.